The van der Waals surface area contributed by atoms with Gasteiger partial charge in [-0.05, 0) is 37.1 Å². The lowest BCUT2D eigenvalue weighted by Crippen LogP contribution is -2.35. The molecule has 1 aromatic carbocycles. The first kappa shape index (κ1) is 12.8. The van der Waals surface area contributed by atoms with E-state index >= 15 is 0 Å². The highest BCUT2D eigenvalue weighted by Gasteiger charge is 2.24. The first-order valence-corrected chi connectivity index (χ1v) is 6.33. The zero-order chi connectivity index (χ0) is 12.3. The summed E-state index contributed by atoms with van der Waals surface area (Å²) in [6.07, 6.45) is 1.02. The molecule has 2 unspecified atom stereocenters. The first-order chi connectivity index (χ1) is 8.16. The van der Waals surface area contributed by atoms with E-state index in [1.54, 1.807) is 12.1 Å². The van der Waals surface area contributed by atoms with Gasteiger partial charge in [0, 0.05) is 23.9 Å². The molecular formula is C13H16ClF2N. The first-order valence-electron chi connectivity index (χ1n) is 5.95. The Kier molecular flexibility index (Phi) is 4.35. The lowest BCUT2D eigenvalue weighted by atomic mass is 9.91. The zero-order valence-electron chi connectivity index (χ0n) is 9.56. The van der Waals surface area contributed by atoms with Crippen LogP contribution in [0.15, 0.2) is 18.2 Å². The van der Waals surface area contributed by atoms with Crippen molar-refractivity contribution < 1.29 is 8.78 Å². The highest BCUT2D eigenvalue weighted by atomic mass is 35.5. The van der Waals surface area contributed by atoms with Crippen LogP contribution in [0, 0.1) is 11.7 Å². The maximum absolute atomic E-state index is 14.0. The van der Waals surface area contributed by atoms with Gasteiger partial charge in [0.25, 0.3) is 0 Å². The SMILES string of the molecule is Fc1cc(Cl)ccc1CC(F)C1CCCNC1. The summed E-state index contributed by atoms with van der Waals surface area (Å²) in [6.45, 7) is 1.65. The molecule has 2 rings (SSSR count). The smallest absolute Gasteiger partial charge is 0.127 e. The Morgan fingerprint density at radius 1 is 1.47 bits per heavy atom. The van der Waals surface area contributed by atoms with Crippen molar-refractivity contribution in [1.82, 2.24) is 5.32 Å². The second-order valence-corrected chi connectivity index (χ2v) is 5.00. The summed E-state index contributed by atoms with van der Waals surface area (Å²) >= 11 is 5.66. The standard InChI is InChI=1S/C13H16ClF2N/c14-11-4-3-9(13(16)7-11)6-12(15)10-2-1-5-17-8-10/h3-4,7,10,12,17H,1-2,5-6,8H2. The van der Waals surface area contributed by atoms with E-state index in [9.17, 15) is 8.78 Å². The Hall–Kier alpha value is -0.670. The molecule has 1 nitrogen and oxygen atoms in total. The number of nitrogens with one attached hydrogen (secondary N) is 1. The van der Waals surface area contributed by atoms with E-state index < -0.39 is 12.0 Å². The molecule has 0 radical (unpaired) electrons. The molecule has 1 aliphatic heterocycles. The van der Waals surface area contributed by atoms with Gasteiger partial charge in [-0.1, -0.05) is 17.7 Å². The van der Waals surface area contributed by atoms with E-state index in [0.29, 0.717) is 17.1 Å². The van der Waals surface area contributed by atoms with Gasteiger partial charge in [0.2, 0.25) is 0 Å². The highest BCUT2D eigenvalue weighted by molar-refractivity contribution is 6.30. The molecule has 0 aliphatic carbocycles. The van der Waals surface area contributed by atoms with E-state index in [0.717, 1.165) is 19.4 Å². The quantitative estimate of drug-likeness (QED) is 0.878. The van der Waals surface area contributed by atoms with Gasteiger partial charge in [-0.15, -0.1) is 0 Å². The second-order valence-electron chi connectivity index (χ2n) is 4.56. The average Bonchev–Trinajstić information content (AvgIpc) is 2.34. The summed E-state index contributed by atoms with van der Waals surface area (Å²) in [4.78, 5) is 0. The van der Waals surface area contributed by atoms with Crippen molar-refractivity contribution in [2.45, 2.75) is 25.4 Å². The summed E-state index contributed by atoms with van der Waals surface area (Å²) in [5.41, 5.74) is 0.410. The highest BCUT2D eigenvalue weighted by Crippen LogP contribution is 2.23. The summed E-state index contributed by atoms with van der Waals surface area (Å²) in [6, 6.07) is 4.41. The molecule has 0 bridgehead atoms. The molecule has 1 aromatic rings. The molecule has 0 saturated carbocycles. The summed E-state index contributed by atoms with van der Waals surface area (Å²) < 4.78 is 27.5. The number of alkyl halides is 1. The Bertz CT molecular complexity index is 378. The molecule has 0 spiro atoms. The van der Waals surface area contributed by atoms with Crippen LogP contribution in [0.4, 0.5) is 8.78 Å². The Morgan fingerprint density at radius 3 is 2.94 bits per heavy atom. The van der Waals surface area contributed by atoms with Crippen molar-refractivity contribution in [1.29, 1.82) is 0 Å². The lowest BCUT2D eigenvalue weighted by Gasteiger charge is -2.26. The van der Waals surface area contributed by atoms with Gasteiger partial charge in [0.15, 0.2) is 0 Å². The number of piperidine rings is 1. The number of hydrogen-bond donors (Lipinski definition) is 1. The van der Waals surface area contributed by atoms with Gasteiger partial charge in [0.1, 0.15) is 12.0 Å². The number of rotatable bonds is 3. The van der Waals surface area contributed by atoms with Crippen molar-refractivity contribution in [3.8, 4) is 0 Å². The maximum atomic E-state index is 14.0. The molecule has 4 heteroatoms. The fourth-order valence-corrected chi connectivity index (χ4v) is 2.41. The molecule has 94 valence electrons. The molecule has 1 N–H and O–H groups in total. The molecule has 17 heavy (non-hydrogen) atoms. The van der Waals surface area contributed by atoms with Crippen molar-refractivity contribution in [2.24, 2.45) is 5.92 Å². The number of halogens is 3. The molecule has 0 amide bonds. The Morgan fingerprint density at radius 2 is 2.29 bits per heavy atom. The summed E-state index contributed by atoms with van der Waals surface area (Å²) in [5.74, 6) is -0.414. The van der Waals surface area contributed by atoms with Gasteiger partial charge < -0.3 is 5.32 Å². The van der Waals surface area contributed by atoms with Crippen molar-refractivity contribution in [3.05, 3.63) is 34.6 Å². The fourth-order valence-electron chi connectivity index (χ4n) is 2.25. The predicted molar refractivity (Wildman–Crippen MR) is 65.6 cm³/mol. The Balaban J connectivity index is 1.99. The van der Waals surface area contributed by atoms with E-state index in [2.05, 4.69) is 5.32 Å². The maximum Gasteiger partial charge on any atom is 0.127 e. The van der Waals surface area contributed by atoms with E-state index in [-0.39, 0.29) is 12.3 Å². The van der Waals surface area contributed by atoms with E-state index in [4.69, 9.17) is 11.6 Å². The minimum absolute atomic E-state index is 0.00109. The third-order valence-corrected chi connectivity index (χ3v) is 3.51. The van der Waals surface area contributed by atoms with Gasteiger partial charge in [0.05, 0.1) is 0 Å². The second kappa shape index (κ2) is 5.78. The fraction of sp³-hybridized carbons (Fsp3) is 0.538. The van der Waals surface area contributed by atoms with Gasteiger partial charge in [-0.3, -0.25) is 0 Å². The molecule has 1 heterocycles. The van der Waals surface area contributed by atoms with Crippen LogP contribution in [0.25, 0.3) is 0 Å². The van der Waals surface area contributed by atoms with Crippen LogP contribution in [0.3, 0.4) is 0 Å². The largest absolute Gasteiger partial charge is 0.316 e. The van der Waals surface area contributed by atoms with E-state index in [1.165, 1.54) is 6.07 Å². The van der Waals surface area contributed by atoms with Crippen molar-refractivity contribution in [2.75, 3.05) is 13.1 Å². The topological polar surface area (TPSA) is 12.0 Å². The van der Waals surface area contributed by atoms with Crippen LogP contribution in [-0.2, 0) is 6.42 Å². The van der Waals surface area contributed by atoms with Gasteiger partial charge in [-0.25, -0.2) is 8.78 Å². The average molecular weight is 260 g/mol. The zero-order valence-corrected chi connectivity index (χ0v) is 10.3. The molecule has 2 atom stereocenters. The van der Waals surface area contributed by atoms with Crippen LogP contribution in [0.1, 0.15) is 18.4 Å². The van der Waals surface area contributed by atoms with Crippen LogP contribution in [-0.4, -0.2) is 19.3 Å². The van der Waals surface area contributed by atoms with Crippen LogP contribution < -0.4 is 5.32 Å². The molecule has 1 saturated heterocycles. The van der Waals surface area contributed by atoms with Gasteiger partial charge >= 0.3 is 0 Å². The number of hydrogen-bond acceptors (Lipinski definition) is 1. The van der Waals surface area contributed by atoms with Crippen molar-refractivity contribution in [3.63, 3.8) is 0 Å². The third kappa shape index (κ3) is 3.39. The molecule has 1 fully saturated rings. The van der Waals surface area contributed by atoms with Crippen LogP contribution in [0.2, 0.25) is 5.02 Å². The molecular weight excluding hydrogens is 244 g/mol. The summed E-state index contributed by atoms with van der Waals surface area (Å²) in [7, 11) is 0. The normalized spacial score (nSPS) is 22.4. The lowest BCUT2D eigenvalue weighted by molar-refractivity contribution is 0.190. The molecule has 1 aliphatic rings. The number of benzene rings is 1. The Labute approximate surface area is 105 Å². The van der Waals surface area contributed by atoms with Crippen LogP contribution >= 0.6 is 11.6 Å². The van der Waals surface area contributed by atoms with Crippen LogP contribution in [0.5, 0.6) is 0 Å². The molecule has 0 aromatic heterocycles. The predicted octanol–water partition coefficient (Wildman–Crippen LogP) is 3.36. The monoisotopic (exact) mass is 259 g/mol. The van der Waals surface area contributed by atoms with Gasteiger partial charge in [-0.2, -0.15) is 0 Å². The minimum Gasteiger partial charge on any atom is -0.316 e. The van der Waals surface area contributed by atoms with Crippen molar-refractivity contribution >= 4 is 11.6 Å². The van der Waals surface area contributed by atoms with E-state index in [1.807, 2.05) is 0 Å². The third-order valence-electron chi connectivity index (χ3n) is 3.28. The summed E-state index contributed by atoms with van der Waals surface area (Å²) in [5, 5.41) is 3.52. The minimum atomic E-state index is -0.988.